The maximum Gasteiger partial charge on any atom is 0.335 e. The Morgan fingerprint density at radius 3 is 0.896 bits per heavy atom. The van der Waals surface area contributed by atoms with E-state index in [1.807, 2.05) is 0 Å². The van der Waals surface area contributed by atoms with Crippen molar-refractivity contribution >= 4 is 17.9 Å². The predicted octanol–water partition coefficient (Wildman–Crippen LogP) is 10.0. The second kappa shape index (κ2) is 26.5. The highest BCUT2D eigenvalue weighted by atomic mass is 16.5. The third-order valence-corrected chi connectivity index (χ3v) is 7.10. The van der Waals surface area contributed by atoms with Crippen molar-refractivity contribution in [1.29, 1.82) is 0 Å². The van der Waals surface area contributed by atoms with E-state index in [-0.39, 0.29) is 5.56 Å². The van der Waals surface area contributed by atoms with Gasteiger partial charge in [0, 0.05) is 0 Å². The van der Waals surface area contributed by atoms with Crippen LogP contribution in [0.25, 0.3) is 0 Å². The summed E-state index contributed by atoms with van der Waals surface area (Å²) >= 11 is 0. The van der Waals surface area contributed by atoms with Crippen LogP contribution in [-0.2, 0) is 0 Å². The first kappa shape index (κ1) is 41.5. The van der Waals surface area contributed by atoms with E-state index >= 15 is 0 Å². The molecule has 0 fully saturated rings. The molecule has 0 aliphatic carbocycles. The molecule has 0 aromatic heterocycles. The fraction of sp³-hybridized carbons (Fsp3) is 0.462. The molecule has 9 nitrogen and oxygen atoms in total. The van der Waals surface area contributed by atoms with Crippen molar-refractivity contribution in [2.75, 3.05) is 19.8 Å². The van der Waals surface area contributed by atoms with Crippen LogP contribution in [0.4, 0.5) is 0 Å². The third kappa shape index (κ3) is 19.9. The van der Waals surface area contributed by atoms with E-state index in [9.17, 15) is 14.4 Å². The summed E-state index contributed by atoms with van der Waals surface area (Å²) in [6.07, 6.45) is 14.1. The Morgan fingerprint density at radius 1 is 0.396 bits per heavy atom. The summed E-state index contributed by atoms with van der Waals surface area (Å²) in [6.45, 7) is 8.61. The Labute approximate surface area is 285 Å². The molecule has 3 aromatic rings. The molecule has 0 aliphatic heterocycles. The Kier molecular flexibility index (Phi) is 22.9. The molecule has 264 valence electrons. The summed E-state index contributed by atoms with van der Waals surface area (Å²) < 4.78 is 16.5. The first-order valence-corrected chi connectivity index (χ1v) is 17.1. The van der Waals surface area contributed by atoms with Gasteiger partial charge in [0.25, 0.3) is 0 Å². The van der Waals surface area contributed by atoms with Gasteiger partial charge in [0.15, 0.2) is 0 Å². The molecule has 9 heteroatoms. The molecule has 0 spiro atoms. The molecular weight excluding hydrogens is 612 g/mol. The predicted molar refractivity (Wildman–Crippen MR) is 189 cm³/mol. The molecule has 3 N–H and O–H groups in total. The molecule has 0 radical (unpaired) electrons. The van der Waals surface area contributed by atoms with Crippen LogP contribution in [0, 0.1) is 0 Å². The topological polar surface area (TPSA) is 140 Å². The standard InChI is InChI=1S/C14H20O3.C13H18O3.C12H16O3/c1-2-3-4-5-6-11-17-13-9-7-12(8-10-13)14(15)16;1-2-3-4-5-10-16-12-8-6-11(7-9-12)13(14)15;1-2-3-4-9-15-11-7-5-10(6-8-11)12(13)14/h7-10H,2-6,11H2,1H3,(H,15,16);6-9H,2-5,10H2,1H3,(H,14,15);5-8H,2-4,9H2,1H3,(H,13,14). The zero-order valence-electron chi connectivity index (χ0n) is 28.8. The molecule has 0 saturated carbocycles. The fourth-order valence-corrected chi connectivity index (χ4v) is 4.24. The van der Waals surface area contributed by atoms with Crippen LogP contribution in [-0.4, -0.2) is 53.0 Å². The van der Waals surface area contributed by atoms with Gasteiger partial charge in [-0.15, -0.1) is 0 Å². The van der Waals surface area contributed by atoms with Crippen molar-refractivity contribution in [3.8, 4) is 17.2 Å². The van der Waals surface area contributed by atoms with Crippen molar-refractivity contribution in [3.05, 3.63) is 89.5 Å². The Hall–Kier alpha value is -4.53. The molecule has 0 amide bonds. The molecule has 0 unspecified atom stereocenters. The van der Waals surface area contributed by atoms with Crippen molar-refractivity contribution in [2.24, 2.45) is 0 Å². The summed E-state index contributed by atoms with van der Waals surface area (Å²) in [6, 6.07) is 19.5. The van der Waals surface area contributed by atoms with Crippen LogP contribution in [0.5, 0.6) is 17.2 Å². The quantitative estimate of drug-likeness (QED) is 0.0948. The Morgan fingerprint density at radius 2 is 0.625 bits per heavy atom. The lowest BCUT2D eigenvalue weighted by Gasteiger charge is -2.06. The lowest BCUT2D eigenvalue weighted by molar-refractivity contribution is 0.0686. The lowest BCUT2D eigenvalue weighted by Crippen LogP contribution is -1.99. The van der Waals surface area contributed by atoms with Gasteiger partial charge in [0.2, 0.25) is 0 Å². The normalized spacial score (nSPS) is 10.1. The molecule has 0 atom stereocenters. The average Bonchev–Trinajstić information content (AvgIpc) is 3.09. The fourth-order valence-electron chi connectivity index (χ4n) is 4.24. The van der Waals surface area contributed by atoms with Gasteiger partial charge in [-0.3, -0.25) is 0 Å². The number of ether oxygens (including phenoxy) is 3. The number of hydrogen-bond acceptors (Lipinski definition) is 6. The monoisotopic (exact) mass is 666 g/mol. The molecule has 0 saturated heterocycles. The van der Waals surface area contributed by atoms with Gasteiger partial charge in [-0.2, -0.15) is 0 Å². The molecule has 48 heavy (non-hydrogen) atoms. The molecule has 3 rings (SSSR count). The van der Waals surface area contributed by atoms with Gasteiger partial charge >= 0.3 is 17.9 Å². The van der Waals surface area contributed by atoms with Gasteiger partial charge < -0.3 is 29.5 Å². The van der Waals surface area contributed by atoms with Crippen LogP contribution in [0.15, 0.2) is 72.8 Å². The van der Waals surface area contributed by atoms with Crippen LogP contribution >= 0.6 is 0 Å². The minimum Gasteiger partial charge on any atom is -0.494 e. The number of rotatable bonds is 21. The number of aromatic carboxylic acids is 3. The zero-order valence-corrected chi connectivity index (χ0v) is 28.8. The van der Waals surface area contributed by atoms with Gasteiger partial charge in [-0.25, -0.2) is 14.4 Å². The van der Waals surface area contributed by atoms with E-state index in [2.05, 4.69) is 20.8 Å². The van der Waals surface area contributed by atoms with Crippen LogP contribution in [0.1, 0.15) is 129 Å². The minimum atomic E-state index is -0.910. The van der Waals surface area contributed by atoms with Crippen molar-refractivity contribution < 1.29 is 43.9 Å². The minimum absolute atomic E-state index is 0.288. The third-order valence-electron chi connectivity index (χ3n) is 7.10. The summed E-state index contributed by atoms with van der Waals surface area (Å²) in [5, 5.41) is 26.1. The Bertz CT molecular complexity index is 1270. The van der Waals surface area contributed by atoms with Crippen molar-refractivity contribution in [1.82, 2.24) is 0 Å². The Balaban J connectivity index is 0.000000361. The van der Waals surface area contributed by atoms with Gasteiger partial charge in [0.05, 0.1) is 36.5 Å². The molecule has 0 bridgehead atoms. The van der Waals surface area contributed by atoms with Crippen molar-refractivity contribution in [2.45, 2.75) is 97.8 Å². The highest BCUT2D eigenvalue weighted by molar-refractivity contribution is 5.88. The van der Waals surface area contributed by atoms with Gasteiger partial charge in [-0.05, 0) is 92.1 Å². The van der Waals surface area contributed by atoms with Gasteiger partial charge in [0.1, 0.15) is 17.2 Å². The maximum absolute atomic E-state index is 10.6. The maximum atomic E-state index is 10.6. The van der Waals surface area contributed by atoms with E-state index in [0.717, 1.165) is 42.9 Å². The molecule has 3 aromatic carbocycles. The first-order valence-electron chi connectivity index (χ1n) is 17.1. The van der Waals surface area contributed by atoms with E-state index in [4.69, 9.17) is 29.5 Å². The second-order valence-corrected chi connectivity index (χ2v) is 11.2. The second-order valence-electron chi connectivity index (χ2n) is 11.2. The van der Waals surface area contributed by atoms with Crippen LogP contribution < -0.4 is 14.2 Å². The molecular formula is C39H54O9. The van der Waals surface area contributed by atoms with Gasteiger partial charge in [-0.1, -0.05) is 78.6 Å². The summed E-state index contributed by atoms with van der Waals surface area (Å²) in [5.74, 6) is -0.513. The summed E-state index contributed by atoms with van der Waals surface area (Å²) in [5.41, 5.74) is 0.870. The smallest absolute Gasteiger partial charge is 0.335 e. The number of carboxylic acids is 3. The number of benzene rings is 3. The number of unbranched alkanes of at least 4 members (excludes halogenated alkanes) is 9. The molecule has 0 heterocycles. The van der Waals surface area contributed by atoms with Crippen molar-refractivity contribution in [3.63, 3.8) is 0 Å². The SMILES string of the molecule is CCCCCCCOc1ccc(C(=O)O)cc1.CCCCCCOc1ccc(C(=O)O)cc1.CCCCCOc1ccc(C(=O)O)cc1. The summed E-state index contributed by atoms with van der Waals surface area (Å²) in [4.78, 5) is 31.8. The number of hydrogen-bond donors (Lipinski definition) is 3. The summed E-state index contributed by atoms with van der Waals surface area (Å²) in [7, 11) is 0. The number of carbonyl (C=O) groups is 3. The van der Waals surface area contributed by atoms with E-state index in [1.54, 1.807) is 72.8 Å². The van der Waals surface area contributed by atoms with E-state index < -0.39 is 17.9 Å². The lowest BCUT2D eigenvalue weighted by atomic mass is 10.2. The number of carboxylic acid groups (broad SMARTS) is 3. The highest BCUT2D eigenvalue weighted by Gasteiger charge is 2.04. The molecule has 0 aliphatic rings. The van der Waals surface area contributed by atoms with E-state index in [0.29, 0.717) is 30.9 Å². The highest BCUT2D eigenvalue weighted by Crippen LogP contribution is 2.15. The zero-order chi connectivity index (χ0) is 35.4. The first-order chi connectivity index (χ1) is 23.2. The van der Waals surface area contributed by atoms with E-state index in [1.165, 1.54) is 51.4 Å². The van der Waals surface area contributed by atoms with Crippen LogP contribution in [0.2, 0.25) is 0 Å². The van der Waals surface area contributed by atoms with Crippen LogP contribution in [0.3, 0.4) is 0 Å². The average molecular weight is 667 g/mol. The largest absolute Gasteiger partial charge is 0.494 e.